The molecule has 0 aliphatic carbocycles. The van der Waals surface area contributed by atoms with Gasteiger partial charge < -0.3 is 42.7 Å². The first-order chi connectivity index (χ1) is 33.3. The maximum absolute atomic E-state index is 14.9. The third-order valence-corrected chi connectivity index (χ3v) is 16.9. The van der Waals surface area contributed by atoms with Crippen LogP contribution in [0.25, 0.3) is 45.9 Å². The van der Waals surface area contributed by atoms with Gasteiger partial charge in [-0.05, 0) is 60.2 Å². The van der Waals surface area contributed by atoms with Gasteiger partial charge in [-0.2, -0.15) is 0 Å². The van der Waals surface area contributed by atoms with Crippen LogP contribution in [-0.2, 0) is 17.3 Å². The number of benzene rings is 2. The number of hydrogen-bond acceptors (Lipinski definition) is 15. The van der Waals surface area contributed by atoms with Crippen molar-refractivity contribution in [2.24, 2.45) is 0 Å². The Morgan fingerprint density at radius 1 is 0.623 bits per heavy atom. The molecule has 8 aromatic rings. The lowest BCUT2D eigenvalue weighted by Crippen LogP contribution is -2.67. The van der Waals surface area contributed by atoms with Crippen LogP contribution in [0.5, 0.6) is 0 Å². The Balaban J connectivity index is 1.18. The number of nitrogens with one attached hydrogen (secondary N) is 2. The van der Waals surface area contributed by atoms with E-state index in [0.29, 0.717) is 71.5 Å². The minimum atomic E-state index is -3.16. The smallest absolute Gasteiger partial charge is 0.274 e. The lowest BCUT2D eigenvalue weighted by atomic mass is 10.2. The van der Waals surface area contributed by atoms with Gasteiger partial charge in [-0.25, -0.2) is 29.9 Å². The number of aryl methyl sites for hydroxylation is 1. The van der Waals surface area contributed by atoms with Crippen LogP contribution in [0, 0.1) is 0 Å². The molecule has 9 rings (SSSR count). The van der Waals surface area contributed by atoms with E-state index in [1.165, 1.54) is 12.5 Å². The molecule has 0 fully saturated rings. The van der Waals surface area contributed by atoms with Crippen molar-refractivity contribution < 1.29 is 36.8 Å². The number of carbonyl (C=O) groups excluding carboxylic acids is 2. The normalized spacial score (nSPS) is 15.4. The second kappa shape index (κ2) is 19.7. The highest BCUT2D eigenvalue weighted by atomic mass is 28.4. The van der Waals surface area contributed by atoms with Crippen molar-refractivity contribution in [1.82, 2.24) is 45.4 Å². The Morgan fingerprint density at radius 2 is 1.10 bits per heavy atom. The third-order valence-electron chi connectivity index (χ3n) is 11.9. The standard InChI is InChI=1S/C51H53N9O8Si/c1-7-16-41-43-45(62)54-37(27-61)47-56-38(28-64-47)33-21-14-24-36(52-33)50-59-44(42(68-50)25-26-60(5)6)46(63)55-40(48-57-39(29-65-48)34-22-15-23-35(53-34)49(58-43)67-41)30-66-69(51(2,3)4,31-17-10-8-11-18-31)32-19-12-9-13-20-32/h8-15,17-24,28-29,37,40,61H,7,16,25-27,30H2,1-6H3,(H,54,62)(H,55,63). The summed E-state index contributed by atoms with van der Waals surface area (Å²) in [5, 5.41) is 18.1. The maximum Gasteiger partial charge on any atom is 0.274 e. The van der Waals surface area contributed by atoms with Gasteiger partial charge in [-0.3, -0.25) is 9.59 Å². The number of amides is 2. The van der Waals surface area contributed by atoms with Crippen molar-refractivity contribution in [3.63, 3.8) is 0 Å². The fourth-order valence-corrected chi connectivity index (χ4v) is 13.0. The Labute approximate surface area is 399 Å². The number of aliphatic hydroxyl groups excluding tert-OH is 1. The van der Waals surface area contributed by atoms with Crippen LogP contribution in [0.1, 0.15) is 90.5 Å². The van der Waals surface area contributed by atoms with E-state index in [9.17, 15) is 14.7 Å². The summed E-state index contributed by atoms with van der Waals surface area (Å²) in [5.41, 5.74) is 2.24. The molecule has 2 aromatic carbocycles. The van der Waals surface area contributed by atoms with E-state index in [0.717, 1.165) is 10.4 Å². The van der Waals surface area contributed by atoms with E-state index in [-0.39, 0.29) is 46.6 Å². The topological polar surface area (TPSA) is 221 Å². The molecular weight excluding hydrogens is 895 g/mol. The molecule has 2 atom stereocenters. The number of fused-ring (bicyclic) bond motifs is 16. The minimum absolute atomic E-state index is 0.0339. The number of aliphatic hydroxyl groups is 1. The van der Waals surface area contributed by atoms with Gasteiger partial charge >= 0.3 is 0 Å². The zero-order chi connectivity index (χ0) is 48.3. The predicted octanol–water partition coefficient (Wildman–Crippen LogP) is 6.98. The van der Waals surface area contributed by atoms with Gasteiger partial charge in [0.15, 0.2) is 11.4 Å². The molecule has 6 aromatic heterocycles. The zero-order valence-corrected chi connectivity index (χ0v) is 40.2. The summed E-state index contributed by atoms with van der Waals surface area (Å²) in [6.45, 7) is 8.49. The molecule has 3 N–H and O–H groups in total. The van der Waals surface area contributed by atoms with Crippen LogP contribution in [0.3, 0.4) is 0 Å². The van der Waals surface area contributed by atoms with Gasteiger partial charge in [0.25, 0.3) is 20.1 Å². The second-order valence-corrected chi connectivity index (χ2v) is 22.4. The largest absolute Gasteiger partial charge is 0.446 e. The molecule has 12 bridgehead atoms. The molecule has 0 spiro atoms. The monoisotopic (exact) mass is 947 g/mol. The van der Waals surface area contributed by atoms with E-state index in [2.05, 4.69) is 65.6 Å². The molecular formula is C51H53N9O8Si. The third kappa shape index (κ3) is 9.56. The van der Waals surface area contributed by atoms with Crippen LogP contribution in [0.2, 0.25) is 5.04 Å². The number of rotatable bonds is 11. The van der Waals surface area contributed by atoms with Crippen molar-refractivity contribution in [2.75, 3.05) is 33.9 Å². The summed E-state index contributed by atoms with van der Waals surface area (Å²) in [4.78, 5) is 59.3. The van der Waals surface area contributed by atoms with Gasteiger partial charge in [0.1, 0.15) is 58.9 Å². The number of oxazole rings is 4. The van der Waals surface area contributed by atoms with Crippen LogP contribution < -0.4 is 21.0 Å². The SMILES string of the molecule is CCCc1oc2nc1C(=O)NC(CO)c1nc(co1)-c1cccc(n1)-c1nc(c(CCN(C)C)o1)C(=O)NC(CO[Si](c1ccccc1)(c1ccccc1)C(C)(C)C)c1nc(co1)-c1cccc-2n1. The molecule has 69 heavy (non-hydrogen) atoms. The summed E-state index contributed by atoms with van der Waals surface area (Å²) >= 11 is 0. The lowest BCUT2D eigenvalue weighted by molar-refractivity contribution is 0.0893. The molecule has 0 saturated heterocycles. The van der Waals surface area contributed by atoms with Gasteiger partial charge in [0.2, 0.25) is 23.6 Å². The van der Waals surface area contributed by atoms with E-state index in [1.807, 2.05) is 62.3 Å². The van der Waals surface area contributed by atoms with Gasteiger partial charge in [0.05, 0.1) is 24.6 Å². The van der Waals surface area contributed by atoms with Crippen molar-refractivity contribution in [3.05, 3.63) is 144 Å². The molecule has 354 valence electrons. The van der Waals surface area contributed by atoms with Crippen LogP contribution >= 0.6 is 0 Å². The van der Waals surface area contributed by atoms with E-state index >= 15 is 0 Å². The van der Waals surface area contributed by atoms with E-state index in [1.54, 1.807) is 36.4 Å². The highest BCUT2D eigenvalue weighted by Crippen LogP contribution is 2.38. The van der Waals surface area contributed by atoms with Gasteiger partial charge in [0, 0.05) is 19.4 Å². The first-order valence-electron chi connectivity index (χ1n) is 22.8. The molecule has 17 nitrogen and oxygen atoms in total. The Morgan fingerprint density at radius 3 is 1.58 bits per heavy atom. The molecule has 1 aliphatic heterocycles. The summed E-state index contributed by atoms with van der Waals surface area (Å²) in [6.07, 6.45) is 4.27. The van der Waals surface area contributed by atoms with Crippen molar-refractivity contribution in [2.45, 2.75) is 64.1 Å². The number of aromatic nitrogens is 6. The van der Waals surface area contributed by atoms with Crippen LogP contribution in [-0.4, -0.2) is 93.9 Å². The highest BCUT2D eigenvalue weighted by molar-refractivity contribution is 6.99. The minimum Gasteiger partial charge on any atom is -0.446 e. The number of pyridine rings is 2. The van der Waals surface area contributed by atoms with Crippen molar-refractivity contribution >= 4 is 30.5 Å². The fraction of sp³-hybridized carbons (Fsp3) is 0.294. The Bertz CT molecular complexity index is 3030. The van der Waals surface area contributed by atoms with Gasteiger partial charge in [-0.1, -0.05) is 100 Å². The number of likely N-dealkylation sites (N-methyl/N-ethyl adjacent to an activating group) is 1. The number of carbonyl (C=O) groups is 2. The summed E-state index contributed by atoms with van der Waals surface area (Å²) in [7, 11) is 0.706. The Kier molecular flexibility index (Phi) is 13.3. The zero-order valence-electron chi connectivity index (χ0n) is 39.2. The van der Waals surface area contributed by atoms with E-state index in [4.69, 9.17) is 42.0 Å². The first kappa shape index (κ1) is 46.7. The molecule has 2 unspecified atom stereocenters. The van der Waals surface area contributed by atoms with Gasteiger partial charge in [-0.15, -0.1) is 0 Å². The average molecular weight is 948 g/mol. The molecule has 18 heteroatoms. The molecule has 0 saturated carbocycles. The average Bonchev–Trinajstić information content (AvgIpc) is 4.20. The maximum atomic E-state index is 14.9. The quantitative estimate of drug-likeness (QED) is 0.111. The summed E-state index contributed by atoms with van der Waals surface area (Å²) in [6, 6.07) is 28.9. The lowest BCUT2D eigenvalue weighted by Gasteiger charge is -2.43. The van der Waals surface area contributed by atoms with Crippen LogP contribution in [0.4, 0.5) is 0 Å². The Hall–Kier alpha value is -7.38. The predicted molar refractivity (Wildman–Crippen MR) is 258 cm³/mol. The fourth-order valence-electron chi connectivity index (χ4n) is 8.48. The molecule has 1 aliphatic rings. The second-order valence-electron chi connectivity index (χ2n) is 18.1. The van der Waals surface area contributed by atoms with Crippen molar-refractivity contribution in [3.8, 4) is 45.9 Å². The van der Waals surface area contributed by atoms with Crippen LogP contribution in [0.15, 0.2) is 127 Å². The summed E-state index contributed by atoms with van der Waals surface area (Å²) in [5.74, 6) is -0.0370. The van der Waals surface area contributed by atoms with Crippen molar-refractivity contribution in [1.29, 1.82) is 0 Å². The first-order valence-corrected chi connectivity index (χ1v) is 24.7. The number of nitrogens with zero attached hydrogens (tertiary/aromatic N) is 7. The molecule has 7 heterocycles. The van der Waals surface area contributed by atoms with E-state index < -0.39 is 38.8 Å². The summed E-state index contributed by atoms with van der Waals surface area (Å²) < 4.78 is 32.1. The number of hydrogen-bond donors (Lipinski definition) is 3. The highest BCUT2D eigenvalue weighted by Gasteiger charge is 2.51. The molecule has 2 amide bonds. The molecule has 0 radical (unpaired) electrons.